The number of carbonyl (C=O) groups excluding carboxylic acids is 1. The third-order valence-electron chi connectivity index (χ3n) is 3.77. The molecule has 0 fully saturated rings. The van der Waals surface area contributed by atoms with Gasteiger partial charge in [0.25, 0.3) is 5.91 Å². The fourth-order valence-corrected chi connectivity index (χ4v) is 2.53. The van der Waals surface area contributed by atoms with Crippen molar-refractivity contribution in [3.05, 3.63) is 75.6 Å². The number of carbonyl (C=O) groups is 1. The van der Waals surface area contributed by atoms with Crippen molar-refractivity contribution in [1.82, 2.24) is 15.4 Å². The summed E-state index contributed by atoms with van der Waals surface area (Å²) in [6, 6.07) is 13.0. The minimum absolute atomic E-state index is 0.0715. The zero-order chi connectivity index (χ0) is 20.8. The van der Waals surface area contributed by atoms with Gasteiger partial charge in [0.15, 0.2) is 0 Å². The summed E-state index contributed by atoms with van der Waals surface area (Å²) in [7, 11) is 1.48. The summed E-state index contributed by atoms with van der Waals surface area (Å²) in [5.41, 5.74) is 5.17. The number of anilines is 3. The molecule has 0 aliphatic rings. The van der Waals surface area contributed by atoms with Gasteiger partial charge in [0.1, 0.15) is 12.1 Å². The van der Waals surface area contributed by atoms with E-state index in [0.29, 0.717) is 22.0 Å². The van der Waals surface area contributed by atoms with Crippen LogP contribution in [0.15, 0.2) is 54.9 Å². The van der Waals surface area contributed by atoms with Crippen LogP contribution >= 0.6 is 11.6 Å². The summed E-state index contributed by atoms with van der Waals surface area (Å²) in [6.07, 6.45) is 1.13. The van der Waals surface area contributed by atoms with E-state index in [4.69, 9.17) is 16.3 Å². The Bertz CT molecular complexity index is 1040. The average molecular weight is 415 g/mol. The van der Waals surface area contributed by atoms with E-state index in [1.165, 1.54) is 19.2 Å². The zero-order valence-electron chi connectivity index (χ0n) is 15.0. The number of methoxy groups -OCH3 is 1. The monoisotopic (exact) mass is 414 g/mol. The maximum Gasteiger partial charge on any atom is 0.355 e. The Balaban J connectivity index is 1.84. The predicted octanol–water partition coefficient (Wildman–Crippen LogP) is 3.55. The molecule has 0 bridgehead atoms. The van der Waals surface area contributed by atoms with Gasteiger partial charge >= 0.3 is 5.69 Å². The third-order valence-corrected chi connectivity index (χ3v) is 4.02. The maximum absolute atomic E-state index is 12.2. The minimum Gasteiger partial charge on any atom is -0.495 e. The van der Waals surface area contributed by atoms with Crippen molar-refractivity contribution in [2.75, 3.05) is 17.9 Å². The topological polar surface area (TPSA) is 131 Å². The molecule has 3 N–H and O–H groups in total. The second-order valence-electron chi connectivity index (χ2n) is 5.59. The summed E-state index contributed by atoms with van der Waals surface area (Å²) in [5.74, 6) is -0.303. The Hall–Kier alpha value is -3.92. The lowest BCUT2D eigenvalue weighted by atomic mass is 10.2. The summed E-state index contributed by atoms with van der Waals surface area (Å²) in [6.45, 7) is 0. The van der Waals surface area contributed by atoms with Gasteiger partial charge in [-0.15, -0.1) is 0 Å². The standard InChI is InChI=1S/C18H15ClN6O4/c1-29-14-5-3-2-4-13(14)22-16-15(25(27)28)17(21-10-20-16)23-24-18(26)11-6-8-12(19)9-7-11/h2-10H,1H3,(H,24,26)(H2,20,21,22,23). The van der Waals surface area contributed by atoms with E-state index in [2.05, 4.69) is 26.1 Å². The molecule has 1 heterocycles. The number of hydrogen-bond acceptors (Lipinski definition) is 8. The van der Waals surface area contributed by atoms with E-state index < -0.39 is 16.5 Å². The zero-order valence-corrected chi connectivity index (χ0v) is 15.8. The first-order chi connectivity index (χ1) is 14.0. The first kappa shape index (κ1) is 19.8. The van der Waals surface area contributed by atoms with Crippen molar-refractivity contribution < 1.29 is 14.5 Å². The van der Waals surface area contributed by atoms with Crippen LogP contribution in [0.2, 0.25) is 5.02 Å². The maximum atomic E-state index is 12.2. The first-order valence-electron chi connectivity index (χ1n) is 8.21. The van der Waals surface area contributed by atoms with E-state index in [1.807, 2.05) is 0 Å². The number of ether oxygens (including phenoxy) is 1. The van der Waals surface area contributed by atoms with Crippen LogP contribution in [0, 0.1) is 10.1 Å². The van der Waals surface area contributed by atoms with Gasteiger partial charge in [-0.1, -0.05) is 23.7 Å². The molecule has 29 heavy (non-hydrogen) atoms. The molecule has 0 saturated heterocycles. The molecule has 3 aromatic rings. The van der Waals surface area contributed by atoms with Crippen LogP contribution in [0.25, 0.3) is 0 Å². The lowest BCUT2D eigenvalue weighted by Crippen LogP contribution is -2.30. The molecule has 0 radical (unpaired) electrons. The van der Waals surface area contributed by atoms with Gasteiger partial charge in [0.05, 0.1) is 17.7 Å². The Morgan fingerprint density at radius 2 is 1.79 bits per heavy atom. The third kappa shape index (κ3) is 4.68. The highest BCUT2D eigenvalue weighted by Gasteiger charge is 2.24. The molecule has 2 aromatic carbocycles. The van der Waals surface area contributed by atoms with E-state index in [0.717, 1.165) is 6.33 Å². The molecule has 11 heteroatoms. The van der Waals surface area contributed by atoms with Crippen LogP contribution in [0.5, 0.6) is 5.75 Å². The number of amides is 1. The van der Waals surface area contributed by atoms with Gasteiger partial charge in [-0.3, -0.25) is 25.8 Å². The van der Waals surface area contributed by atoms with Crippen molar-refractivity contribution in [2.24, 2.45) is 0 Å². The highest BCUT2D eigenvalue weighted by Crippen LogP contribution is 2.33. The largest absolute Gasteiger partial charge is 0.495 e. The van der Waals surface area contributed by atoms with E-state index in [9.17, 15) is 14.9 Å². The molecule has 0 atom stereocenters. The molecule has 3 rings (SSSR count). The van der Waals surface area contributed by atoms with Crippen molar-refractivity contribution in [1.29, 1.82) is 0 Å². The van der Waals surface area contributed by atoms with Crippen LogP contribution in [0.3, 0.4) is 0 Å². The molecule has 0 aliphatic heterocycles. The fraction of sp³-hybridized carbons (Fsp3) is 0.0556. The number of nitrogens with zero attached hydrogens (tertiary/aromatic N) is 3. The molecular weight excluding hydrogens is 400 g/mol. The van der Waals surface area contributed by atoms with E-state index >= 15 is 0 Å². The quantitative estimate of drug-likeness (QED) is 0.395. The van der Waals surface area contributed by atoms with E-state index in [-0.39, 0.29) is 11.6 Å². The number of benzene rings is 2. The number of para-hydroxylation sites is 2. The average Bonchev–Trinajstić information content (AvgIpc) is 2.72. The molecule has 148 valence electrons. The second-order valence-corrected chi connectivity index (χ2v) is 6.02. The fourth-order valence-electron chi connectivity index (χ4n) is 2.40. The predicted molar refractivity (Wildman–Crippen MR) is 108 cm³/mol. The van der Waals surface area contributed by atoms with Crippen LogP contribution < -0.4 is 20.9 Å². The normalized spacial score (nSPS) is 10.1. The minimum atomic E-state index is -0.658. The summed E-state index contributed by atoms with van der Waals surface area (Å²) >= 11 is 5.80. The van der Waals surface area contributed by atoms with Gasteiger partial charge in [-0.05, 0) is 36.4 Å². The number of rotatable bonds is 7. The lowest BCUT2D eigenvalue weighted by molar-refractivity contribution is -0.383. The molecule has 1 amide bonds. The van der Waals surface area contributed by atoms with Gasteiger partial charge < -0.3 is 10.1 Å². The Labute approximate surface area is 170 Å². The highest BCUT2D eigenvalue weighted by atomic mass is 35.5. The van der Waals surface area contributed by atoms with Crippen molar-refractivity contribution in [2.45, 2.75) is 0 Å². The number of aromatic nitrogens is 2. The van der Waals surface area contributed by atoms with Crippen LogP contribution in [-0.4, -0.2) is 27.9 Å². The molecule has 0 unspecified atom stereocenters. The number of halogens is 1. The van der Waals surface area contributed by atoms with Crippen molar-refractivity contribution in [3.8, 4) is 5.75 Å². The number of hydrazine groups is 1. The molecule has 0 aliphatic carbocycles. The number of hydrogen-bond donors (Lipinski definition) is 3. The Kier molecular flexibility index (Phi) is 6.05. The van der Waals surface area contributed by atoms with Gasteiger partial charge in [0, 0.05) is 10.6 Å². The van der Waals surface area contributed by atoms with E-state index in [1.54, 1.807) is 36.4 Å². The summed E-state index contributed by atoms with van der Waals surface area (Å²) < 4.78 is 5.23. The number of nitrogens with one attached hydrogen (secondary N) is 3. The van der Waals surface area contributed by atoms with Gasteiger partial charge in [-0.2, -0.15) is 0 Å². The number of nitro groups is 1. The first-order valence-corrected chi connectivity index (χ1v) is 8.58. The summed E-state index contributed by atoms with van der Waals surface area (Å²) in [4.78, 5) is 31.0. The lowest BCUT2D eigenvalue weighted by Gasteiger charge is -2.12. The Morgan fingerprint density at radius 3 is 2.48 bits per heavy atom. The van der Waals surface area contributed by atoms with Gasteiger partial charge in [-0.25, -0.2) is 9.97 Å². The highest BCUT2D eigenvalue weighted by molar-refractivity contribution is 6.30. The van der Waals surface area contributed by atoms with Gasteiger partial charge in [0.2, 0.25) is 11.6 Å². The van der Waals surface area contributed by atoms with Crippen LogP contribution in [0.1, 0.15) is 10.4 Å². The SMILES string of the molecule is COc1ccccc1Nc1ncnc(NNC(=O)c2ccc(Cl)cc2)c1[N+](=O)[O-]. The molecule has 0 saturated carbocycles. The van der Waals surface area contributed by atoms with Crippen molar-refractivity contribution in [3.63, 3.8) is 0 Å². The van der Waals surface area contributed by atoms with Crippen LogP contribution in [-0.2, 0) is 0 Å². The molecular formula is C18H15ClN6O4. The van der Waals surface area contributed by atoms with Crippen LogP contribution in [0.4, 0.5) is 23.0 Å². The second kappa shape index (κ2) is 8.85. The smallest absolute Gasteiger partial charge is 0.355 e. The molecule has 0 spiro atoms. The molecule has 10 nitrogen and oxygen atoms in total. The molecule has 1 aromatic heterocycles. The Morgan fingerprint density at radius 1 is 1.10 bits per heavy atom. The summed E-state index contributed by atoms with van der Waals surface area (Å²) in [5, 5.41) is 15.0. The van der Waals surface area contributed by atoms with Crippen molar-refractivity contribution >= 4 is 40.5 Å².